The van der Waals surface area contributed by atoms with E-state index in [0.29, 0.717) is 18.6 Å². The molecule has 0 saturated carbocycles. The second-order valence-electron chi connectivity index (χ2n) is 4.77. The Labute approximate surface area is 91.9 Å². The molecule has 0 aromatic rings. The highest BCUT2D eigenvalue weighted by molar-refractivity contribution is 5.74. The molecule has 0 amide bonds. The minimum absolute atomic E-state index is 0.306. The van der Waals surface area contributed by atoms with E-state index in [4.69, 9.17) is 0 Å². The average Bonchev–Trinajstić information content (AvgIpc) is 2.16. The highest BCUT2D eigenvalue weighted by Crippen LogP contribution is 2.15. The van der Waals surface area contributed by atoms with Gasteiger partial charge in [-0.05, 0) is 27.7 Å². The van der Waals surface area contributed by atoms with Crippen LogP contribution in [0, 0.1) is 0 Å². The Balaban J connectivity index is 2.69. The number of carbonyl (C=O) groups is 1. The molecule has 1 atom stereocenters. The second kappa shape index (κ2) is 4.94. The molecule has 1 aliphatic heterocycles. The van der Waals surface area contributed by atoms with Crippen LogP contribution in [0.4, 0.5) is 0 Å². The van der Waals surface area contributed by atoms with E-state index in [9.17, 15) is 9.90 Å². The van der Waals surface area contributed by atoms with Crippen LogP contribution in [0.1, 0.15) is 27.7 Å². The van der Waals surface area contributed by atoms with Gasteiger partial charge in [-0.25, -0.2) is 0 Å². The van der Waals surface area contributed by atoms with Crippen LogP contribution in [0.5, 0.6) is 0 Å². The first-order valence-electron chi connectivity index (χ1n) is 5.66. The molecule has 1 N–H and O–H groups in total. The standard InChI is InChI=1S/C11H22N2O2/c1-8(2)12-5-6-13(9(3)4)10(7-12)11(14)15/h8-10H,5-7H2,1-4H3,(H,14,15). The molecule has 4 nitrogen and oxygen atoms in total. The molecule has 1 rings (SSSR count). The van der Waals surface area contributed by atoms with Crippen LogP contribution >= 0.6 is 0 Å². The maximum atomic E-state index is 11.2. The zero-order chi connectivity index (χ0) is 11.6. The van der Waals surface area contributed by atoms with E-state index in [-0.39, 0.29) is 6.04 Å². The zero-order valence-electron chi connectivity index (χ0n) is 10.1. The van der Waals surface area contributed by atoms with E-state index in [2.05, 4.69) is 37.5 Å². The Morgan fingerprint density at radius 3 is 2.20 bits per heavy atom. The number of piperazine rings is 1. The number of nitrogens with zero attached hydrogens (tertiary/aromatic N) is 2. The third-order valence-corrected chi connectivity index (χ3v) is 3.13. The van der Waals surface area contributed by atoms with E-state index < -0.39 is 5.97 Å². The predicted molar refractivity (Wildman–Crippen MR) is 60.0 cm³/mol. The van der Waals surface area contributed by atoms with Crippen molar-refractivity contribution in [1.82, 2.24) is 9.80 Å². The maximum absolute atomic E-state index is 11.2. The Morgan fingerprint density at radius 2 is 1.80 bits per heavy atom. The Hall–Kier alpha value is -0.610. The molecule has 1 unspecified atom stereocenters. The van der Waals surface area contributed by atoms with Crippen molar-refractivity contribution in [2.75, 3.05) is 19.6 Å². The molecule has 1 heterocycles. The molecule has 88 valence electrons. The van der Waals surface area contributed by atoms with E-state index in [1.165, 1.54) is 0 Å². The van der Waals surface area contributed by atoms with Crippen LogP contribution in [-0.2, 0) is 4.79 Å². The van der Waals surface area contributed by atoms with Gasteiger partial charge in [-0.1, -0.05) is 0 Å². The van der Waals surface area contributed by atoms with Crippen LogP contribution in [0.3, 0.4) is 0 Å². The lowest BCUT2D eigenvalue weighted by molar-refractivity contribution is -0.147. The number of hydrogen-bond donors (Lipinski definition) is 1. The lowest BCUT2D eigenvalue weighted by atomic mass is 10.1. The summed E-state index contributed by atoms with van der Waals surface area (Å²) < 4.78 is 0. The molecule has 0 radical (unpaired) electrons. The van der Waals surface area contributed by atoms with E-state index in [1.54, 1.807) is 0 Å². The van der Waals surface area contributed by atoms with Crippen LogP contribution in [0.25, 0.3) is 0 Å². The SMILES string of the molecule is CC(C)N1CCN(C(C)C)C(C(=O)O)C1. The smallest absolute Gasteiger partial charge is 0.322 e. The van der Waals surface area contributed by atoms with Gasteiger partial charge in [0, 0.05) is 31.7 Å². The fourth-order valence-corrected chi connectivity index (χ4v) is 2.13. The fraction of sp³-hybridized carbons (Fsp3) is 0.909. The van der Waals surface area contributed by atoms with Crippen molar-refractivity contribution in [3.63, 3.8) is 0 Å². The summed E-state index contributed by atoms with van der Waals surface area (Å²) in [5.41, 5.74) is 0. The van der Waals surface area contributed by atoms with Crippen LogP contribution < -0.4 is 0 Å². The molecule has 0 aliphatic carbocycles. The largest absolute Gasteiger partial charge is 0.480 e. The minimum Gasteiger partial charge on any atom is -0.480 e. The van der Waals surface area contributed by atoms with Crippen molar-refractivity contribution in [3.8, 4) is 0 Å². The lowest BCUT2D eigenvalue weighted by Crippen LogP contribution is -2.59. The number of hydrogen-bond acceptors (Lipinski definition) is 3. The normalized spacial score (nSPS) is 25.1. The van der Waals surface area contributed by atoms with Gasteiger partial charge in [0.15, 0.2) is 0 Å². The maximum Gasteiger partial charge on any atom is 0.322 e. The van der Waals surface area contributed by atoms with Crippen molar-refractivity contribution >= 4 is 5.97 Å². The second-order valence-corrected chi connectivity index (χ2v) is 4.77. The number of aliphatic carboxylic acids is 1. The van der Waals surface area contributed by atoms with E-state index >= 15 is 0 Å². The van der Waals surface area contributed by atoms with Crippen LogP contribution in [0.15, 0.2) is 0 Å². The van der Waals surface area contributed by atoms with Gasteiger partial charge in [0.1, 0.15) is 6.04 Å². The summed E-state index contributed by atoms with van der Waals surface area (Å²) in [5, 5.41) is 9.19. The zero-order valence-corrected chi connectivity index (χ0v) is 10.1. The highest BCUT2D eigenvalue weighted by atomic mass is 16.4. The monoisotopic (exact) mass is 214 g/mol. The highest BCUT2D eigenvalue weighted by Gasteiger charge is 2.34. The van der Waals surface area contributed by atoms with Crippen molar-refractivity contribution in [2.45, 2.75) is 45.8 Å². The van der Waals surface area contributed by atoms with Gasteiger partial charge in [-0.3, -0.25) is 14.6 Å². The average molecular weight is 214 g/mol. The summed E-state index contributed by atoms with van der Waals surface area (Å²) >= 11 is 0. The molecule has 15 heavy (non-hydrogen) atoms. The molecule has 0 spiro atoms. The molecule has 1 saturated heterocycles. The first-order valence-corrected chi connectivity index (χ1v) is 5.66. The summed E-state index contributed by atoms with van der Waals surface area (Å²) in [4.78, 5) is 15.5. The lowest BCUT2D eigenvalue weighted by Gasteiger charge is -2.43. The summed E-state index contributed by atoms with van der Waals surface area (Å²) in [7, 11) is 0. The van der Waals surface area contributed by atoms with Crippen molar-refractivity contribution in [3.05, 3.63) is 0 Å². The third-order valence-electron chi connectivity index (χ3n) is 3.13. The van der Waals surface area contributed by atoms with Gasteiger partial charge in [-0.2, -0.15) is 0 Å². The van der Waals surface area contributed by atoms with E-state index in [0.717, 1.165) is 13.1 Å². The summed E-state index contributed by atoms with van der Waals surface area (Å²) in [5.74, 6) is -0.700. The number of carboxylic acid groups (broad SMARTS) is 1. The molecule has 0 aromatic heterocycles. The van der Waals surface area contributed by atoms with Gasteiger partial charge in [0.2, 0.25) is 0 Å². The Kier molecular flexibility index (Phi) is 4.11. The topological polar surface area (TPSA) is 43.8 Å². The predicted octanol–water partition coefficient (Wildman–Crippen LogP) is 0.874. The summed E-state index contributed by atoms with van der Waals surface area (Å²) in [6.07, 6.45) is 0. The molecule has 4 heteroatoms. The van der Waals surface area contributed by atoms with Gasteiger partial charge >= 0.3 is 5.97 Å². The third kappa shape index (κ3) is 2.92. The summed E-state index contributed by atoms with van der Waals surface area (Å²) in [6.45, 7) is 10.8. The molecular weight excluding hydrogens is 192 g/mol. The molecule has 0 bridgehead atoms. The quantitative estimate of drug-likeness (QED) is 0.757. The first kappa shape index (κ1) is 12.5. The number of rotatable bonds is 3. The van der Waals surface area contributed by atoms with Gasteiger partial charge in [0.25, 0.3) is 0 Å². The van der Waals surface area contributed by atoms with Crippen molar-refractivity contribution in [1.29, 1.82) is 0 Å². The van der Waals surface area contributed by atoms with Gasteiger partial charge < -0.3 is 5.11 Å². The molecular formula is C11H22N2O2. The van der Waals surface area contributed by atoms with Gasteiger partial charge in [-0.15, -0.1) is 0 Å². The van der Waals surface area contributed by atoms with Crippen molar-refractivity contribution in [2.24, 2.45) is 0 Å². The number of carboxylic acids is 1. The van der Waals surface area contributed by atoms with Gasteiger partial charge in [0.05, 0.1) is 0 Å². The van der Waals surface area contributed by atoms with Crippen LogP contribution in [0.2, 0.25) is 0 Å². The van der Waals surface area contributed by atoms with Crippen molar-refractivity contribution < 1.29 is 9.90 Å². The Bertz CT molecular complexity index is 229. The van der Waals surface area contributed by atoms with Crippen LogP contribution in [-0.4, -0.2) is 58.6 Å². The van der Waals surface area contributed by atoms with E-state index in [1.807, 2.05) is 0 Å². The first-order chi connectivity index (χ1) is 6.93. The molecule has 1 fully saturated rings. The minimum atomic E-state index is -0.700. The molecule has 0 aromatic carbocycles. The Morgan fingerprint density at radius 1 is 1.20 bits per heavy atom. The molecule has 1 aliphatic rings. The summed E-state index contributed by atoms with van der Waals surface area (Å²) in [6, 6.07) is 0.391. The fourth-order valence-electron chi connectivity index (χ4n) is 2.13.